The molecule has 1 amide bonds. The lowest BCUT2D eigenvalue weighted by Crippen LogP contribution is -2.12. The molecule has 0 aliphatic heterocycles. The number of aryl methyl sites for hydroxylation is 1. The van der Waals surface area contributed by atoms with E-state index in [0.29, 0.717) is 29.0 Å². The van der Waals surface area contributed by atoms with Crippen LogP contribution in [0, 0.1) is 12.7 Å². The number of benzene rings is 2. The Morgan fingerprint density at radius 2 is 2.08 bits per heavy atom. The van der Waals surface area contributed by atoms with Crippen LogP contribution in [0.25, 0.3) is 10.9 Å². The van der Waals surface area contributed by atoms with Crippen molar-refractivity contribution in [2.75, 3.05) is 16.5 Å². The Morgan fingerprint density at radius 1 is 1.23 bits per heavy atom. The number of anilines is 3. The van der Waals surface area contributed by atoms with E-state index in [0.717, 1.165) is 11.3 Å². The molecule has 0 atom stereocenters. The molecule has 0 fully saturated rings. The number of aromatic nitrogens is 2. The molecule has 0 aliphatic rings. The van der Waals surface area contributed by atoms with Gasteiger partial charge in [-0.3, -0.25) is 4.79 Å². The maximum atomic E-state index is 14.3. The minimum Gasteiger partial charge on any atom is -0.340 e. The zero-order valence-electron chi connectivity index (χ0n) is 14.2. The molecule has 0 saturated heterocycles. The summed E-state index contributed by atoms with van der Waals surface area (Å²) in [6.07, 6.45) is 2.14. The molecule has 7 heteroatoms. The van der Waals surface area contributed by atoms with Crippen LogP contribution in [0.15, 0.2) is 42.7 Å². The molecule has 26 heavy (non-hydrogen) atoms. The zero-order chi connectivity index (χ0) is 18.5. The molecule has 3 rings (SSSR count). The summed E-state index contributed by atoms with van der Waals surface area (Å²) in [5.74, 6) is 0.0918. The number of hydrogen-bond donors (Lipinski definition) is 2. The highest BCUT2D eigenvalue weighted by atomic mass is 35.5. The molecule has 1 aromatic heterocycles. The molecule has 5 nitrogen and oxygen atoms in total. The fourth-order valence-electron chi connectivity index (χ4n) is 2.57. The summed E-state index contributed by atoms with van der Waals surface area (Å²) in [7, 11) is 0. The molecule has 0 bridgehead atoms. The molecule has 0 saturated carbocycles. The van der Waals surface area contributed by atoms with Gasteiger partial charge in [-0.1, -0.05) is 12.1 Å². The number of amides is 1. The first-order chi connectivity index (χ1) is 12.6. The fourth-order valence-corrected chi connectivity index (χ4v) is 2.71. The maximum Gasteiger partial charge on any atom is 0.224 e. The first-order valence-corrected chi connectivity index (χ1v) is 8.74. The van der Waals surface area contributed by atoms with Gasteiger partial charge in [0, 0.05) is 29.4 Å². The molecule has 1 heterocycles. The van der Waals surface area contributed by atoms with Gasteiger partial charge in [-0.2, -0.15) is 0 Å². The molecule has 0 spiro atoms. The second-order valence-electron chi connectivity index (χ2n) is 5.91. The van der Waals surface area contributed by atoms with Crippen LogP contribution in [0.2, 0.25) is 0 Å². The van der Waals surface area contributed by atoms with Crippen molar-refractivity contribution in [3.05, 3.63) is 54.1 Å². The van der Waals surface area contributed by atoms with Gasteiger partial charge in [0.1, 0.15) is 18.0 Å². The van der Waals surface area contributed by atoms with E-state index in [1.165, 1.54) is 12.4 Å². The van der Waals surface area contributed by atoms with Crippen LogP contribution in [0.3, 0.4) is 0 Å². The molecular formula is C19H18ClFN4O. The average molecular weight is 373 g/mol. The number of carbonyl (C=O) groups excluding carboxylic acids is 1. The van der Waals surface area contributed by atoms with Gasteiger partial charge in [0.15, 0.2) is 0 Å². The predicted molar refractivity (Wildman–Crippen MR) is 103 cm³/mol. The van der Waals surface area contributed by atoms with Crippen molar-refractivity contribution in [2.45, 2.75) is 19.8 Å². The minimum absolute atomic E-state index is 0.0964. The van der Waals surface area contributed by atoms with Crippen LogP contribution in [0.5, 0.6) is 0 Å². The highest BCUT2D eigenvalue weighted by Crippen LogP contribution is 2.28. The van der Waals surface area contributed by atoms with Crippen molar-refractivity contribution >= 4 is 45.6 Å². The van der Waals surface area contributed by atoms with Crippen molar-refractivity contribution in [1.82, 2.24) is 9.97 Å². The van der Waals surface area contributed by atoms with Gasteiger partial charge in [-0.05, 0) is 37.1 Å². The number of alkyl halides is 1. The van der Waals surface area contributed by atoms with Crippen molar-refractivity contribution in [3.8, 4) is 0 Å². The van der Waals surface area contributed by atoms with Gasteiger partial charge in [-0.25, -0.2) is 14.4 Å². The third-order valence-electron chi connectivity index (χ3n) is 3.82. The number of nitrogens with one attached hydrogen (secondary N) is 2. The Morgan fingerprint density at radius 3 is 2.85 bits per heavy atom. The van der Waals surface area contributed by atoms with Crippen molar-refractivity contribution in [2.24, 2.45) is 0 Å². The summed E-state index contributed by atoms with van der Waals surface area (Å²) in [6, 6.07) is 10.7. The van der Waals surface area contributed by atoms with E-state index in [4.69, 9.17) is 11.6 Å². The lowest BCUT2D eigenvalue weighted by atomic mass is 10.1. The molecule has 0 unspecified atom stereocenters. The van der Waals surface area contributed by atoms with Gasteiger partial charge in [0.2, 0.25) is 5.91 Å². The van der Waals surface area contributed by atoms with E-state index in [1.54, 1.807) is 6.07 Å². The maximum absolute atomic E-state index is 14.3. The molecule has 0 aliphatic carbocycles. The minimum atomic E-state index is -0.545. The zero-order valence-corrected chi connectivity index (χ0v) is 15.0. The lowest BCUT2D eigenvalue weighted by molar-refractivity contribution is -0.116. The number of carbonyl (C=O) groups is 1. The van der Waals surface area contributed by atoms with Gasteiger partial charge in [0.05, 0.1) is 11.2 Å². The normalized spacial score (nSPS) is 10.7. The highest BCUT2D eigenvalue weighted by Gasteiger charge is 2.12. The van der Waals surface area contributed by atoms with Gasteiger partial charge in [-0.15, -0.1) is 11.6 Å². The molecule has 2 aromatic carbocycles. The topological polar surface area (TPSA) is 66.9 Å². The second-order valence-corrected chi connectivity index (χ2v) is 6.28. The van der Waals surface area contributed by atoms with E-state index >= 15 is 0 Å². The van der Waals surface area contributed by atoms with Gasteiger partial charge < -0.3 is 10.6 Å². The monoisotopic (exact) mass is 372 g/mol. The Kier molecular flexibility index (Phi) is 5.63. The molecule has 3 aromatic rings. The van der Waals surface area contributed by atoms with E-state index in [-0.39, 0.29) is 18.0 Å². The summed E-state index contributed by atoms with van der Waals surface area (Å²) < 4.78 is 14.3. The van der Waals surface area contributed by atoms with E-state index in [2.05, 4.69) is 20.6 Å². The first kappa shape index (κ1) is 18.1. The second kappa shape index (κ2) is 8.10. The summed E-state index contributed by atoms with van der Waals surface area (Å²) >= 11 is 5.59. The number of rotatable bonds is 6. The van der Waals surface area contributed by atoms with Crippen molar-refractivity contribution < 1.29 is 9.18 Å². The molecule has 0 radical (unpaired) electrons. The molecule has 134 valence electrons. The third kappa shape index (κ3) is 4.26. The molecule has 2 N–H and O–H groups in total. The van der Waals surface area contributed by atoms with Gasteiger partial charge >= 0.3 is 0 Å². The average Bonchev–Trinajstić information content (AvgIpc) is 2.61. The number of fused-ring (bicyclic) bond motifs is 1. The van der Waals surface area contributed by atoms with Crippen molar-refractivity contribution in [1.29, 1.82) is 0 Å². The Hall–Kier alpha value is -2.73. The van der Waals surface area contributed by atoms with Crippen LogP contribution in [0.4, 0.5) is 21.6 Å². The smallest absolute Gasteiger partial charge is 0.224 e. The Balaban J connectivity index is 1.94. The van der Waals surface area contributed by atoms with E-state index in [1.807, 2.05) is 31.2 Å². The van der Waals surface area contributed by atoms with Crippen LogP contribution in [0.1, 0.15) is 18.4 Å². The van der Waals surface area contributed by atoms with Gasteiger partial charge in [0.25, 0.3) is 0 Å². The van der Waals surface area contributed by atoms with E-state index in [9.17, 15) is 9.18 Å². The summed E-state index contributed by atoms with van der Waals surface area (Å²) in [5, 5.41) is 6.41. The molecular weight excluding hydrogens is 355 g/mol. The predicted octanol–water partition coefficient (Wildman–Crippen LogP) is 4.78. The van der Waals surface area contributed by atoms with Crippen LogP contribution in [-0.4, -0.2) is 21.8 Å². The number of halogens is 2. The SMILES string of the molecule is Cc1cccc(Nc2ncnc3cc(F)c(NC(=O)CCCCl)cc23)c1. The largest absolute Gasteiger partial charge is 0.340 e. The van der Waals surface area contributed by atoms with E-state index < -0.39 is 5.82 Å². The highest BCUT2D eigenvalue weighted by molar-refractivity contribution is 6.18. The lowest BCUT2D eigenvalue weighted by Gasteiger charge is -2.11. The quantitative estimate of drug-likeness (QED) is 0.611. The summed E-state index contributed by atoms with van der Waals surface area (Å²) in [5.41, 5.74) is 2.51. The Bertz CT molecular complexity index is 948. The summed E-state index contributed by atoms with van der Waals surface area (Å²) in [4.78, 5) is 20.3. The van der Waals surface area contributed by atoms with Crippen LogP contribution in [-0.2, 0) is 4.79 Å². The van der Waals surface area contributed by atoms with Crippen molar-refractivity contribution in [3.63, 3.8) is 0 Å². The first-order valence-electron chi connectivity index (χ1n) is 8.20. The third-order valence-corrected chi connectivity index (χ3v) is 4.08. The number of nitrogens with zero attached hydrogens (tertiary/aromatic N) is 2. The van der Waals surface area contributed by atoms with Crippen LogP contribution < -0.4 is 10.6 Å². The Labute approximate surface area is 155 Å². The standard InChI is InChI=1S/C19H18ClFN4O/c1-12-4-2-5-13(8-12)24-19-14-9-17(25-18(26)6-3-7-20)15(21)10-16(14)22-11-23-19/h2,4-5,8-11H,3,6-7H2,1H3,(H,25,26)(H,22,23,24). The number of hydrogen-bond acceptors (Lipinski definition) is 4. The summed E-state index contributed by atoms with van der Waals surface area (Å²) in [6.45, 7) is 1.99. The fraction of sp³-hybridized carbons (Fsp3) is 0.211. The van der Waals surface area contributed by atoms with Crippen LogP contribution >= 0.6 is 11.6 Å².